The number of rotatable bonds is 3. The molecule has 0 spiro atoms. The Hall–Kier alpha value is -1.68. The zero-order valence-corrected chi connectivity index (χ0v) is 10.4. The van der Waals surface area contributed by atoms with Gasteiger partial charge in [0.05, 0.1) is 5.56 Å². The fourth-order valence-electron chi connectivity index (χ4n) is 2.42. The molecule has 96 valence electrons. The molecule has 18 heavy (non-hydrogen) atoms. The van der Waals surface area contributed by atoms with E-state index in [0.717, 1.165) is 25.9 Å². The van der Waals surface area contributed by atoms with Crippen molar-refractivity contribution in [3.05, 3.63) is 35.4 Å². The summed E-state index contributed by atoms with van der Waals surface area (Å²) < 4.78 is 0. The molecule has 1 aliphatic rings. The molecule has 1 aromatic rings. The third kappa shape index (κ3) is 2.76. The number of likely N-dealkylation sites (tertiary alicyclic amines) is 1. The van der Waals surface area contributed by atoms with Gasteiger partial charge in [-0.2, -0.15) is 0 Å². The van der Waals surface area contributed by atoms with Crippen LogP contribution in [0, 0.1) is 5.92 Å². The van der Waals surface area contributed by atoms with E-state index in [9.17, 15) is 9.59 Å². The average Bonchev–Trinajstić information content (AvgIpc) is 2.38. The third-order valence-corrected chi connectivity index (χ3v) is 3.39. The van der Waals surface area contributed by atoms with Gasteiger partial charge in [-0.3, -0.25) is 4.79 Å². The molecule has 1 aliphatic heterocycles. The number of nitrogens with zero attached hydrogens (tertiary/aromatic N) is 1. The molecule has 1 fully saturated rings. The minimum atomic E-state index is -0.995. The standard InChI is InChI=1S/C14H17NO3/c1-15-7-3-6-12(9-15)13(16)10-4-2-5-11(8-10)14(17)18/h2,4-5,8,12H,3,6-7,9H2,1H3,(H,17,18). The Morgan fingerprint density at radius 3 is 2.72 bits per heavy atom. The Balaban J connectivity index is 2.17. The van der Waals surface area contributed by atoms with Crippen LogP contribution < -0.4 is 0 Å². The molecule has 1 atom stereocenters. The summed E-state index contributed by atoms with van der Waals surface area (Å²) in [5.74, 6) is -0.942. The van der Waals surface area contributed by atoms with Gasteiger partial charge in [0.1, 0.15) is 0 Å². The number of hydrogen-bond acceptors (Lipinski definition) is 3. The van der Waals surface area contributed by atoms with Gasteiger partial charge in [-0.25, -0.2) is 4.79 Å². The first kappa shape index (κ1) is 12.8. The largest absolute Gasteiger partial charge is 0.478 e. The Labute approximate surface area is 106 Å². The predicted molar refractivity (Wildman–Crippen MR) is 68.0 cm³/mol. The van der Waals surface area contributed by atoms with Crippen molar-refractivity contribution in [2.45, 2.75) is 12.8 Å². The molecule has 0 aromatic heterocycles. The van der Waals surface area contributed by atoms with Gasteiger partial charge in [0, 0.05) is 18.0 Å². The van der Waals surface area contributed by atoms with E-state index in [1.54, 1.807) is 12.1 Å². The molecule has 0 saturated carbocycles. The molecule has 0 bridgehead atoms. The topological polar surface area (TPSA) is 57.6 Å². The van der Waals surface area contributed by atoms with E-state index < -0.39 is 5.97 Å². The first-order valence-corrected chi connectivity index (χ1v) is 6.14. The Morgan fingerprint density at radius 1 is 1.33 bits per heavy atom. The highest BCUT2D eigenvalue weighted by molar-refractivity contribution is 6.00. The Kier molecular flexibility index (Phi) is 3.77. The van der Waals surface area contributed by atoms with E-state index in [-0.39, 0.29) is 17.3 Å². The number of carbonyl (C=O) groups excluding carboxylic acids is 1. The lowest BCUT2D eigenvalue weighted by Crippen LogP contribution is -2.36. The summed E-state index contributed by atoms with van der Waals surface area (Å²) in [6, 6.07) is 6.30. The number of hydrogen-bond donors (Lipinski definition) is 1. The number of carboxylic acid groups (broad SMARTS) is 1. The molecule has 1 aromatic carbocycles. The van der Waals surface area contributed by atoms with Crippen molar-refractivity contribution < 1.29 is 14.7 Å². The lowest BCUT2D eigenvalue weighted by Gasteiger charge is -2.28. The van der Waals surface area contributed by atoms with Crippen LogP contribution in [0.3, 0.4) is 0 Å². The van der Waals surface area contributed by atoms with Gasteiger partial charge in [0.2, 0.25) is 0 Å². The van der Waals surface area contributed by atoms with Gasteiger partial charge in [0.25, 0.3) is 0 Å². The zero-order chi connectivity index (χ0) is 13.1. The third-order valence-electron chi connectivity index (χ3n) is 3.39. The van der Waals surface area contributed by atoms with E-state index in [2.05, 4.69) is 4.90 Å². The number of piperidine rings is 1. The minimum Gasteiger partial charge on any atom is -0.478 e. The molecule has 1 heterocycles. The summed E-state index contributed by atoms with van der Waals surface area (Å²) in [7, 11) is 2.01. The van der Waals surface area contributed by atoms with E-state index in [1.807, 2.05) is 7.05 Å². The number of Topliss-reactive ketones (excluding diaryl/α,β-unsaturated/α-hetero) is 1. The summed E-state index contributed by atoms with van der Waals surface area (Å²) >= 11 is 0. The van der Waals surface area contributed by atoms with Gasteiger partial charge in [0.15, 0.2) is 5.78 Å². The van der Waals surface area contributed by atoms with Gasteiger partial charge in [-0.05, 0) is 38.6 Å². The molecular weight excluding hydrogens is 230 g/mol. The first-order chi connectivity index (χ1) is 8.58. The molecule has 0 radical (unpaired) electrons. The van der Waals surface area contributed by atoms with Crippen molar-refractivity contribution in [3.8, 4) is 0 Å². The van der Waals surface area contributed by atoms with Gasteiger partial charge < -0.3 is 10.0 Å². The highest BCUT2D eigenvalue weighted by atomic mass is 16.4. The first-order valence-electron chi connectivity index (χ1n) is 6.14. The molecular formula is C14H17NO3. The fourth-order valence-corrected chi connectivity index (χ4v) is 2.42. The van der Waals surface area contributed by atoms with Crippen LogP contribution in [0.25, 0.3) is 0 Å². The number of ketones is 1. The molecule has 4 nitrogen and oxygen atoms in total. The van der Waals surface area contributed by atoms with Crippen molar-refractivity contribution in [3.63, 3.8) is 0 Å². The zero-order valence-electron chi connectivity index (χ0n) is 10.4. The Bertz CT molecular complexity index is 470. The lowest BCUT2D eigenvalue weighted by molar-refractivity contribution is 0.0697. The van der Waals surface area contributed by atoms with Crippen molar-refractivity contribution in [1.29, 1.82) is 0 Å². The fraction of sp³-hybridized carbons (Fsp3) is 0.429. The number of aromatic carboxylic acids is 1. The van der Waals surface area contributed by atoms with Crippen molar-refractivity contribution in [2.24, 2.45) is 5.92 Å². The second kappa shape index (κ2) is 5.31. The maximum atomic E-state index is 12.3. The number of carboxylic acids is 1. The van der Waals surface area contributed by atoms with E-state index in [1.165, 1.54) is 12.1 Å². The van der Waals surface area contributed by atoms with Crippen LogP contribution in [0.2, 0.25) is 0 Å². The van der Waals surface area contributed by atoms with Crippen molar-refractivity contribution >= 4 is 11.8 Å². The van der Waals surface area contributed by atoms with Crippen LogP contribution in [0.1, 0.15) is 33.6 Å². The SMILES string of the molecule is CN1CCCC(C(=O)c2cccc(C(=O)O)c2)C1. The predicted octanol–water partition coefficient (Wildman–Crippen LogP) is 1.91. The van der Waals surface area contributed by atoms with Crippen LogP contribution in [0.4, 0.5) is 0 Å². The summed E-state index contributed by atoms with van der Waals surface area (Å²) in [6.07, 6.45) is 1.91. The maximum Gasteiger partial charge on any atom is 0.335 e. The lowest BCUT2D eigenvalue weighted by atomic mass is 9.90. The minimum absolute atomic E-state index is 0.00667. The van der Waals surface area contributed by atoms with E-state index >= 15 is 0 Å². The highest BCUT2D eigenvalue weighted by Crippen LogP contribution is 2.20. The van der Waals surface area contributed by atoms with Crippen LogP contribution in [-0.2, 0) is 0 Å². The summed E-state index contributed by atoms with van der Waals surface area (Å²) in [5, 5.41) is 8.92. The summed E-state index contributed by atoms with van der Waals surface area (Å²) in [5.41, 5.74) is 0.681. The van der Waals surface area contributed by atoms with Gasteiger partial charge in [-0.1, -0.05) is 12.1 Å². The van der Waals surface area contributed by atoms with E-state index in [4.69, 9.17) is 5.11 Å². The number of carbonyl (C=O) groups is 2. The smallest absolute Gasteiger partial charge is 0.335 e. The van der Waals surface area contributed by atoms with Gasteiger partial charge >= 0.3 is 5.97 Å². The molecule has 0 amide bonds. The number of benzene rings is 1. The second-order valence-corrected chi connectivity index (χ2v) is 4.85. The summed E-state index contributed by atoms with van der Waals surface area (Å²) in [6.45, 7) is 1.79. The highest BCUT2D eigenvalue weighted by Gasteiger charge is 2.25. The Morgan fingerprint density at radius 2 is 2.06 bits per heavy atom. The maximum absolute atomic E-state index is 12.3. The normalized spacial score (nSPS) is 20.6. The molecule has 1 saturated heterocycles. The second-order valence-electron chi connectivity index (χ2n) is 4.85. The van der Waals surface area contributed by atoms with Crippen LogP contribution in [0.15, 0.2) is 24.3 Å². The molecule has 1 unspecified atom stereocenters. The van der Waals surface area contributed by atoms with Crippen LogP contribution >= 0.6 is 0 Å². The van der Waals surface area contributed by atoms with Crippen molar-refractivity contribution in [1.82, 2.24) is 4.90 Å². The molecule has 1 N–H and O–H groups in total. The quantitative estimate of drug-likeness (QED) is 0.829. The summed E-state index contributed by atoms with van der Waals surface area (Å²) in [4.78, 5) is 25.3. The van der Waals surface area contributed by atoms with Crippen LogP contribution in [0.5, 0.6) is 0 Å². The van der Waals surface area contributed by atoms with Crippen LogP contribution in [-0.4, -0.2) is 41.9 Å². The van der Waals surface area contributed by atoms with Crippen molar-refractivity contribution in [2.75, 3.05) is 20.1 Å². The van der Waals surface area contributed by atoms with E-state index in [0.29, 0.717) is 5.56 Å². The van der Waals surface area contributed by atoms with Gasteiger partial charge in [-0.15, -0.1) is 0 Å². The molecule has 2 rings (SSSR count). The monoisotopic (exact) mass is 247 g/mol. The average molecular weight is 247 g/mol. The molecule has 0 aliphatic carbocycles. The molecule has 4 heteroatoms.